The highest BCUT2D eigenvalue weighted by atomic mass is 16.3. The molecule has 2 N–H and O–H groups in total. The van der Waals surface area contributed by atoms with E-state index >= 15 is 0 Å². The fraction of sp³-hybridized carbons (Fsp3) is 0.333. The highest BCUT2D eigenvalue weighted by Gasteiger charge is 2.35. The summed E-state index contributed by atoms with van der Waals surface area (Å²) in [6.07, 6.45) is 5.18. The maximum atomic E-state index is 14.2. The molecular formula is C30H33N5O3. The number of hydrogen-bond acceptors (Lipinski definition) is 5. The van der Waals surface area contributed by atoms with E-state index < -0.39 is 6.04 Å². The molecule has 0 saturated heterocycles. The van der Waals surface area contributed by atoms with Gasteiger partial charge >= 0.3 is 0 Å². The number of para-hydroxylation sites is 1. The summed E-state index contributed by atoms with van der Waals surface area (Å²) < 4.78 is 1.57. The van der Waals surface area contributed by atoms with Crippen LogP contribution in [0, 0.1) is 13.8 Å². The maximum Gasteiger partial charge on any atom is 0.249 e. The number of amides is 2. The summed E-state index contributed by atoms with van der Waals surface area (Å²) in [6.45, 7) is 3.82. The first-order chi connectivity index (χ1) is 18.4. The third-order valence-electron chi connectivity index (χ3n) is 7.27. The van der Waals surface area contributed by atoms with E-state index in [1.807, 2.05) is 56.3 Å². The first-order valence-electron chi connectivity index (χ1n) is 13.2. The summed E-state index contributed by atoms with van der Waals surface area (Å²) in [5, 5.41) is 21.6. The predicted molar refractivity (Wildman–Crippen MR) is 147 cm³/mol. The molecule has 5 rings (SSSR count). The smallest absolute Gasteiger partial charge is 0.249 e. The number of phenols is 1. The number of carbonyl (C=O) groups is 2. The number of rotatable bonds is 7. The second kappa shape index (κ2) is 11.0. The van der Waals surface area contributed by atoms with Crippen molar-refractivity contribution < 1.29 is 14.7 Å². The first kappa shape index (κ1) is 25.4. The Hall–Kier alpha value is -4.20. The summed E-state index contributed by atoms with van der Waals surface area (Å²) in [7, 11) is 0. The number of fused-ring (bicyclic) bond motifs is 1. The molecule has 196 valence electrons. The van der Waals surface area contributed by atoms with Crippen molar-refractivity contribution in [2.45, 2.75) is 64.6 Å². The van der Waals surface area contributed by atoms with Crippen molar-refractivity contribution in [3.8, 4) is 5.75 Å². The Morgan fingerprint density at radius 1 is 1.03 bits per heavy atom. The Bertz CT molecular complexity index is 1440. The first-order valence-corrected chi connectivity index (χ1v) is 13.2. The topological polar surface area (TPSA) is 100 Å². The van der Waals surface area contributed by atoms with Gasteiger partial charge in [-0.3, -0.25) is 14.5 Å². The van der Waals surface area contributed by atoms with Crippen LogP contribution in [-0.2, 0) is 16.1 Å². The molecule has 38 heavy (non-hydrogen) atoms. The van der Waals surface area contributed by atoms with Crippen LogP contribution in [-0.4, -0.2) is 38.0 Å². The molecule has 0 bridgehead atoms. The number of anilines is 1. The van der Waals surface area contributed by atoms with Gasteiger partial charge in [0.05, 0.1) is 5.52 Å². The van der Waals surface area contributed by atoms with E-state index in [0.29, 0.717) is 16.8 Å². The van der Waals surface area contributed by atoms with E-state index in [9.17, 15) is 14.7 Å². The monoisotopic (exact) mass is 511 g/mol. The van der Waals surface area contributed by atoms with Gasteiger partial charge < -0.3 is 10.4 Å². The molecule has 0 unspecified atom stereocenters. The SMILES string of the molecule is Cc1ccc(C)c(N(C(=O)Cn2nnc3ccccc32)[C@H](C(=O)NC2CCCCC2)c2ccc(O)cc2)c1. The lowest BCUT2D eigenvalue weighted by atomic mass is 9.94. The molecule has 1 fully saturated rings. The minimum absolute atomic E-state index is 0.0747. The van der Waals surface area contributed by atoms with E-state index in [-0.39, 0.29) is 30.2 Å². The number of benzene rings is 3. The van der Waals surface area contributed by atoms with Gasteiger partial charge in [-0.15, -0.1) is 5.10 Å². The average Bonchev–Trinajstić information content (AvgIpc) is 3.32. The lowest BCUT2D eigenvalue weighted by molar-refractivity contribution is -0.127. The standard InChI is InChI=1S/C30H33N5O3/c1-20-12-13-21(2)27(18-20)35(28(37)19-34-26-11-7-6-10-25(26)32-33-34)29(22-14-16-24(36)17-15-22)30(38)31-23-8-4-3-5-9-23/h6-7,10-18,23,29,36H,3-5,8-9,19H2,1-2H3,(H,31,38)/t29-/m0/s1. The number of nitrogens with one attached hydrogen (secondary N) is 1. The van der Waals surface area contributed by atoms with Gasteiger partial charge in [0.2, 0.25) is 11.8 Å². The second-order valence-electron chi connectivity index (χ2n) is 10.1. The zero-order chi connectivity index (χ0) is 26.6. The number of carbonyl (C=O) groups excluding carboxylic acids is 2. The summed E-state index contributed by atoms with van der Waals surface area (Å²) in [6, 6.07) is 19.0. The van der Waals surface area contributed by atoms with Crippen LogP contribution < -0.4 is 10.2 Å². The van der Waals surface area contributed by atoms with E-state index in [4.69, 9.17) is 0 Å². The van der Waals surface area contributed by atoms with E-state index in [0.717, 1.165) is 42.3 Å². The minimum Gasteiger partial charge on any atom is -0.508 e. The molecule has 4 aromatic rings. The fourth-order valence-corrected chi connectivity index (χ4v) is 5.24. The molecule has 1 aromatic heterocycles. The van der Waals surface area contributed by atoms with Crippen LogP contribution in [0.15, 0.2) is 66.7 Å². The Labute approximate surface area is 222 Å². The number of hydrogen-bond donors (Lipinski definition) is 2. The van der Waals surface area contributed by atoms with Crippen LogP contribution in [0.25, 0.3) is 11.0 Å². The number of phenolic OH excluding ortho intramolecular Hbond substituents is 1. The summed E-state index contributed by atoms with van der Waals surface area (Å²) in [5.41, 5.74) is 4.58. The molecule has 8 heteroatoms. The zero-order valence-corrected chi connectivity index (χ0v) is 21.8. The van der Waals surface area contributed by atoms with Gasteiger partial charge in [-0.05, 0) is 73.7 Å². The average molecular weight is 512 g/mol. The Morgan fingerprint density at radius 3 is 2.53 bits per heavy atom. The molecule has 1 atom stereocenters. The van der Waals surface area contributed by atoms with E-state index in [1.165, 1.54) is 6.42 Å². The lowest BCUT2D eigenvalue weighted by Crippen LogP contribution is -2.48. The Kier molecular flexibility index (Phi) is 7.40. The molecule has 1 aliphatic carbocycles. The fourth-order valence-electron chi connectivity index (χ4n) is 5.24. The normalized spacial score (nSPS) is 14.8. The van der Waals surface area contributed by atoms with Crippen molar-refractivity contribution in [2.75, 3.05) is 4.90 Å². The molecule has 0 radical (unpaired) electrons. The maximum absolute atomic E-state index is 14.2. The quantitative estimate of drug-likeness (QED) is 0.365. The van der Waals surface area contributed by atoms with Crippen LogP contribution in [0.1, 0.15) is 54.8 Å². The summed E-state index contributed by atoms with van der Waals surface area (Å²) in [4.78, 5) is 29.8. The lowest BCUT2D eigenvalue weighted by Gasteiger charge is -2.34. The molecule has 0 spiro atoms. The molecule has 3 aromatic carbocycles. The highest BCUT2D eigenvalue weighted by Crippen LogP contribution is 2.33. The molecule has 1 heterocycles. The largest absolute Gasteiger partial charge is 0.508 e. The van der Waals surface area contributed by atoms with Crippen molar-refractivity contribution in [2.24, 2.45) is 0 Å². The van der Waals surface area contributed by atoms with Crippen LogP contribution in [0.2, 0.25) is 0 Å². The van der Waals surface area contributed by atoms with Gasteiger partial charge in [0.15, 0.2) is 0 Å². The summed E-state index contributed by atoms with van der Waals surface area (Å²) in [5.74, 6) is -0.426. The van der Waals surface area contributed by atoms with Crippen molar-refractivity contribution in [3.05, 3.63) is 83.4 Å². The molecule has 0 aliphatic heterocycles. The Balaban J connectivity index is 1.59. The third-order valence-corrected chi connectivity index (χ3v) is 7.27. The van der Waals surface area contributed by atoms with Crippen LogP contribution in [0.5, 0.6) is 5.75 Å². The third kappa shape index (κ3) is 5.39. The second-order valence-corrected chi connectivity index (χ2v) is 10.1. The molecule has 2 amide bonds. The van der Waals surface area contributed by atoms with Crippen molar-refractivity contribution >= 4 is 28.5 Å². The van der Waals surface area contributed by atoms with Gasteiger partial charge in [0.1, 0.15) is 23.9 Å². The van der Waals surface area contributed by atoms with E-state index in [1.54, 1.807) is 33.8 Å². The number of aryl methyl sites for hydroxylation is 2. The van der Waals surface area contributed by atoms with Gasteiger partial charge in [0.25, 0.3) is 0 Å². The van der Waals surface area contributed by atoms with Crippen LogP contribution in [0.3, 0.4) is 0 Å². The minimum atomic E-state index is -0.930. The van der Waals surface area contributed by atoms with Crippen molar-refractivity contribution in [1.82, 2.24) is 20.3 Å². The highest BCUT2D eigenvalue weighted by molar-refractivity contribution is 6.02. The number of aromatic nitrogens is 3. The van der Waals surface area contributed by atoms with Crippen molar-refractivity contribution in [1.29, 1.82) is 0 Å². The molecule has 8 nitrogen and oxygen atoms in total. The zero-order valence-electron chi connectivity index (χ0n) is 21.8. The molecule has 1 aliphatic rings. The number of nitrogens with zero attached hydrogens (tertiary/aromatic N) is 4. The predicted octanol–water partition coefficient (Wildman–Crippen LogP) is 4.98. The van der Waals surface area contributed by atoms with Gasteiger partial charge in [-0.25, -0.2) is 4.68 Å². The van der Waals surface area contributed by atoms with Crippen molar-refractivity contribution in [3.63, 3.8) is 0 Å². The summed E-state index contributed by atoms with van der Waals surface area (Å²) >= 11 is 0. The molecule has 1 saturated carbocycles. The van der Waals surface area contributed by atoms with Crippen LogP contribution >= 0.6 is 0 Å². The van der Waals surface area contributed by atoms with E-state index in [2.05, 4.69) is 15.6 Å². The Morgan fingerprint density at radius 2 is 1.76 bits per heavy atom. The van der Waals surface area contributed by atoms with Crippen LogP contribution in [0.4, 0.5) is 5.69 Å². The van der Waals surface area contributed by atoms with Gasteiger partial charge in [-0.2, -0.15) is 0 Å². The van der Waals surface area contributed by atoms with Gasteiger partial charge in [-0.1, -0.05) is 60.9 Å². The van der Waals surface area contributed by atoms with Gasteiger partial charge in [0, 0.05) is 11.7 Å². The number of aromatic hydroxyl groups is 1. The molecular weight excluding hydrogens is 478 g/mol.